The van der Waals surface area contributed by atoms with Crippen LogP contribution in [0.5, 0.6) is 0 Å². The molecule has 16 heavy (non-hydrogen) atoms. The molecule has 0 aliphatic heterocycles. The number of benzene rings is 1. The molecule has 4 N–H and O–H groups in total. The van der Waals surface area contributed by atoms with Crippen LogP contribution in [0.3, 0.4) is 0 Å². The molecule has 1 amide bonds. The van der Waals surface area contributed by atoms with Gasteiger partial charge in [-0.05, 0) is 12.1 Å². The summed E-state index contributed by atoms with van der Waals surface area (Å²) in [5, 5.41) is 2.46. The van der Waals surface area contributed by atoms with Crippen LogP contribution in [0.25, 0.3) is 0 Å². The second-order valence-corrected chi connectivity index (χ2v) is 4.43. The van der Waals surface area contributed by atoms with Crippen LogP contribution in [0, 0.1) is 6.07 Å². The van der Waals surface area contributed by atoms with E-state index in [9.17, 15) is 13.2 Å². The summed E-state index contributed by atoms with van der Waals surface area (Å²) in [5.41, 5.74) is 5.53. The van der Waals surface area contributed by atoms with Gasteiger partial charge in [-0.15, -0.1) is 0 Å². The summed E-state index contributed by atoms with van der Waals surface area (Å²) in [6.45, 7) is 1.67. The number of hydrogen-bond donors (Lipinski definition) is 3. The Bertz CT molecular complexity index is 510. The molecule has 7 heteroatoms. The van der Waals surface area contributed by atoms with E-state index >= 15 is 0 Å². The van der Waals surface area contributed by atoms with Crippen molar-refractivity contribution in [3.63, 3.8) is 0 Å². The summed E-state index contributed by atoms with van der Waals surface area (Å²) >= 11 is 0. The molecule has 0 heterocycles. The van der Waals surface area contributed by atoms with E-state index in [-0.39, 0.29) is 23.7 Å². The Morgan fingerprint density at radius 1 is 1.62 bits per heavy atom. The first-order valence-corrected chi connectivity index (χ1v) is 5.87. The van der Waals surface area contributed by atoms with Crippen molar-refractivity contribution < 1.29 is 17.8 Å². The van der Waals surface area contributed by atoms with E-state index in [1.165, 1.54) is 6.07 Å². The molecular formula is C9H11N2O4S. The van der Waals surface area contributed by atoms with Crippen molar-refractivity contribution in [1.29, 1.82) is 0 Å². The van der Waals surface area contributed by atoms with Gasteiger partial charge in [0.25, 0.3) is 10.1 Å². The lowest BCUT2D eigenvalue weighted by molar-refractivity contribution is -0.115. The van der Waals surface area contributed by atoms with Crippen LogP contribution in [0.1, 0.15) is 13.3 Å². The lowest BCUT2D eigenvalue weighted by atomic mass is 10.2. The lowest BCUT2D eigenvalue weighted by Crippen LogP contribution is -2.11. The molecule has 0 aliphatic carbocycles. The molecule has 0 unspecified atom stereocenters. The van der Waals surface area contributed by atoms with Gasteiger partial charge in [0, 0.05) is 12.5 Å². The summed E-state index contributed by atoms with van der Waals surface area (Å²) < 4.78 is 30.4. The highest BCUT2D eigenvalue weighted by atomic mass is 32.2. The zero-order chi connectivity index (χ0) is 12.3. The number of nitrogens with two attached hydrogens (primary N) is 1. The summed E-state index contributed by atoms with van der Waals surface area (Å²) in [6.07, 6.45) is 0.286. The van der Waals surface area contributed by atoms with Crippen molar-refractivity contribution in [2.75, 3.05) is 11.1 Å². The van der Waals surface area contributed by atoms with Crippen molar-refractivity contribution >= 4 is 27.4 Å². The van der Waals surface area contributed by atoms with E-state index in [0.717, 1.165) is 6.07 Å². The second kappa shape index (κ2) is 4.50. The van der Waals surface area contributed by atoms with E-state index < -0.39 is 15.0 Å². The largest absolute Gasteiger partial charge is 0.398 e. The zero-order valence-corrected chi connectivity index (χ0v) is 9.34. The second-order valence-electron chi connectivity index (χ2n) is 3.04. The van der Waals surface area contributed by atoms with Crippen LogP contribution in [-0.2, 0) is 14.9 Å². The predicted octanol–water partition coefficient (Wildman–Crippen LogP) is 0.664. The van der Waals surface area contributed by atoms with E-state index in [0.29, 0.717) is 0 Å². The van der Waals surface area contributed by atoms with Gasteiger partial charge in [0.15, 0.2) is 0 Å². The van der Waals surface area contributed by atoms with Crippen LogP contribution in [0.4, 0.5) is 11.4 Å². The smallest absolute Gasteiger partial charge is 0.296 e. The maximum Gasteiger partial charge on any atom is 0.296 e. The van der Waals surface area contributed by atoms with Gasteiger partial charge in [-0.1, -0.05) is 6.92 Å². The third kappa shape index (κ3) is 2.94. The monoisotopic (exact) mass is 243 g/mol. The lowest BCUT2D eigenvalue weighted by Gasteiger charge is -2.06. The molecule has 0 saturated heterocycles. The summed E-state index contributed by atoms with van der Waals surface area (Å²) in [5.74, 6) is -0.241. The van der Waals surface area contributed by atoms with Crippen LogP contribution in [-0.4, -0.2) is 18.9 Å². The first kappa shape index (κ1) is 12.5. The molecule has 0 spiro atoms. The average molecular weight is 243 g/mol. The highest BCUT2D eigenvalue weighted by Gasteiger charge is 2.14. The Balaban J connectivity index is 3.05. The summed E-state index contributed by atoms with van der Waals surface area (Å²) in [6, 6.07) is 4.73. The first-order valence-electron chi connectivity index (χ1n) is 4.43. The topological polar surface area (TPSA) is 109 Å². The van der Waals surface area contributed by atoms with Gasteiger partial charge >= 0.3 is 0 Å². The number of hydrogen-bond acceptors (Lipinski definition) is 4. The molecule has 0 bridgehead atoms. The fourth-order valence-corrected chi connectivity index (χ4v) is 1.59. The molecular weight excluding hydrogens is 232 g/mol. The molecule has 1 aromatic carbocycles. The molecule has 0 saturated carbocycles. The van der Waals surface area contributed by atoms with Crippen molar-refractivity contribution in [2.45, 2.75) is 18.2 Å². The third-order valence-electron chi connectivity index (χ3n) is 1.82. The number of carbonyl (C=O) groups is 1. The molecule has 6 nitrogen and oxygen atoms in total. The number of amides is 1. The zero-order valence-electron chi connectivity index (χ0n) is 8.52. The standard InChI is InChI=1S/C9H11N2O4S/c1-2-9(12)11-6-3-4-8(7(10)5-6)16(13,14)15/h4-5H,2,10H2,1H3,(H,11,12)(H,13,14,15). The van der Waals surface area contributed by atoms with Gasteiger partial charge in [-0.3, -0.25) is 9.35 Å². The van der Waals surface area contributed by atoms with Crippen molar-refractivity contribution in [3.05, 3.63) is 18.2 Å². The minimum absolute atomic E-state index is 0.146. The van der Waals surface area contributed by atoms with Gasteiger partial charge in [-0.2, -0.15) is 8.42 Å². The van der Waals surface area contributed by atoms with Crippen molar-refractivity contribution in [2.24, 2.45) is 0 Å². The molecule has 1 rings (SSSR count). The highest BCUT2D eigenvalue weighted by molar-refractivity contribution is 7.86. The van der Waals surface area contributed by atoms with Gasteiger partial charge in [-0.25, -0.2) is 0 Å². The fraction of sp³-hybridized carbons (Fsp3) is 0.222. The number of anilines is 2. The Hall–Kier alpha value is -1.60. The summed E-state index contributed by atoms with van der Waals surface area (Å²) in [7, 11) is -4.35. The Labute approximate surface area is 93.2 Å². The van der Waals surface area contributed by atoms with E-state index in [1.807, 2.05) is 0 Å². The highest BCUT2D eigenvalue weighted by Crippen LogP contribution is 2.21. The number of nitrogens with one attached hydrogen (secondary N) is 1. The fourth-order valence-electron chi connectivity index (χ4n) is 1.03. The van der Waals surface area contributed by atoms with Crippen LogP contribution >= 0.6 is 0 Å². The van der Waals surface area contributed by atoms with E-state index in [1.54, 1.807) is 6.92 Å². The van der Waals surface area contributed by atoms with Gasteiger partial charge in [0.05, 0.1) is 11.4 Å². The molecule has 0 aromatic heterocycles. The summed E-state index contributed by atoms with van der Waals surface area (Å²) in [4.78, 5) is 10.6. The van der Waals surface area contributed by atoms with E-state index in [4.69, 9.17) is 10.3 Å². The maximum atomic E-state index is 11.0. The van der Waals surface area contributed by atoms with Crippen molar-refractivity contribution in [3.8, 4) is 0 Å². The predicted molar refractivity (Wildman–Crippen MR) is 58.4 cm³/mol. The quantitative estimate of drug-likeness (QED) is 0.533. The van der Waals surface area contributed by atoms with Gasteiger partial charge in [0.2, 0.25) is 5.91 Å². The first-order chi connectivity index (χ1) is 7.34. The molecule has 1 radical (unpaired) electrons. The minimum Gasteiger partial charge on any atom is -0.398 e. The third-order valence-corrected chi connectivity index (χ3v) is 2.73. The number of rotatable bonds is 3. The normalized spacial score (nSPS) is 11.1. The van der Waals surface area contributed by atoms with Crippen LogP contribution in [0.15, 0.2) is 17.0 Å². The molecule has 0 aliphatic rings. The number of carbonyl (C=O) groups excluding carboxylic acids is 1. The maximum absolute atomic E-state index is 11.0. The van der Waals surface area contributed by atoms with Crippen LogP contribution < -0.4 is 11.1 Å². The van der Waals surface area contributed by atoms with Gasteiger partial charge in [0.1, 0.15) is 4.90 Å². The average Bonchev–Trinajstić information content (AvgIpc) is 2.15. The Morgan fingerprint density at radius 2 is 2.25 bits per heavy atom. The number of nitrogen functional groups attached to an aromatic ring is 1. The molecule has 0 atom stereocenters. The Kier molecular flexibility index (Phi) is 3.51. The van der Waals surface area contributed by atoms with Crippen LogP contribution in [0.2, 0.25) is 0 Å². The molecule has 1 aromatic rings. The minimum atomic E-state index is -4.35. The van der Waals surface area contributed by atoms with Gasteiger partial charge < -0.3 is 11.1 Å². The van der Waals surface area contributed by atoms with Crippen molar-refractivity contribution in [1.82, 2.24) is 0 Å². The molecule has 87 valence electrons. The van der Waals surface area contributed by atoms with E-state index in [2.05, 4.69) is 11.4 Å². The Morgan fingerprint density at radius 3 is 2.69 bits per heavy atom. The molecule has 0 fully saturated rings. The SMILES string of the molecule is CCC(=O)Nc1[c]cc(S(=O)(=O)O)c(N)c1.